The monoisotopic (exact) mass is 322 g/mol. The van der Waals surface area contributed by atoms with Crippen molar-refractivity contribution in [2.24, 2.45) is 0 Å². The van der Waals surface area contributed by atoms with Crippen LogP contribution >= 0.6 is 0 Å². The van der Waals surface area contributed by atoms with E-state index in [0.717, 1.165) is 26.2 Å². The molecule has 122 valence electrons. The van der Waals surface area contributed by atoms with Gasteiger partial charge in [0, 0.05) is 31.9 Å². The van der Waals surface area contributed by atoms with Crippen LogP contribution in [0.4, 0.5) is 15.9 Å². The Kier molecular flexibility index (Phi) is 3.76. The van der Waals surface area contributed by atoms with Gasteiger partial charge in [-0.2, -0.15) is 0 Å². The maximum absolute atomic E-state index is 14.3. The van der Waals surface area contributed by atoms with Crippen LogP contribution < -0.4 is 9.80 Å². The highest BCUT2D eigenvalue weighted by molar-refractivity contribution is 5.89. The molecule has 4 rings (SSSR count). The molecule has 1 saturated heterocycles. The zero-order chi connectivity index (χ0) is 16.5. The zero-order valence-electron chi connectivity index (χ0n) is 13.6. The summed E-state index contributed by atoms with van der Waals surface area (Å²) in [6, 6.07) is 13.5. The van der Waals surface area contributed by atoms with Gasteiger partial charge in [0.1, 0.15) is 18.0 Å². The van der Waals surface area contributed by atoms with Gasteiger partial charge in [-0.15, -0.1) is 0 Å². The standard InChI is InChI=1S/C19H19FN4/c1-14-4-2-5-15(12-14)23-8-10-24(11-9-23)19-18-16(20)6-3-7-17(18)21-13-22-19/h2-7,12-13H,8-11H2,1H3. The average molecular weight is 322 g/mol. The number of rotatable bonds is 2. The van der Waals surface area contributed by atoms with Crippen LogP contribution in [0.25, 0.3) is 10.9 Å². The first kappa shape index (κ1) is 14.9. The van der Waals surface area contributed by atoms with Crippen molar-refractivity contribution in [2.75, 3.05) is 36.0 Å². The summed E-state index contributed by atoms with van der Waals surface area (Å²) in [7, 11) is 0. The molecule has 0 spiro atoms. The first-order valence-corrected chi connectivity index (χ1v) is 8.18. The van der Waals surface area contributed by atoms with Crippen molar-refractivity contribution in [1.29, 1.82) is 0 Å². The minimum Gasteiger partial charge on any atom is -0.368 e. The Labute approximate surface area is 140 Å². The minimum absolute atomic E-state index is 0.260. The van der Waals surface area contributed by atoms with Gasteiger partial charge in [0.2, 0.25) is 0 Å². The van der Waals surface area contributed by atoms with Crippen LogP contribution in [0.15, 0.2) is 48.8 Å². The lowest BCUT2D eigenvalue weighted by atomic mass is 10.1. The highest BCUT2D eigenvalue weighted by Crippen LogP contribution is 2.27. The highest BCUT2D eigenvalue weighted by atomic mass is 19.1. The molecule has 0 atom stereocenters. The number of benzene rings is 2. The molecule has 4 nitrogen and oxygen atoms in total. The fourth-order valence-electron chi connectivity index (χ4n) is 3.29. The topological polar surface area (TPSA) is 32.3 Å². The van der Waals surface area contributed by atoms with Crippen molar-refractivity contribution in [3.8, 4) is 0 Å². The summed E-state index contributed by atoms with van der Waals surface area (Å²) in [5, 5.41) is 0.518. The third kappa shape index (κ3) is 2.66. The van der Waals surface area contributed by atoms with Gasteiger partial charge in [0.15, 0.2) is 0 Å². The predicted molar refractivity (Wildman–Crippen MR) is 95.1 cm³/mol. The molecular weight excluding hydrogens is 303 g/mol. The third-order valence-electron chi connectivity index (χ3n) is 4.54. The van der Waals surface area contributed by atoms with Gasteiger partial charge in [0.25, 0.3) is 0 Å². The first-order valence-electron chi connectivity index (χ1n) is 8.18. The smallest absolute Gasteiger partial charge is 0.142 e. The molecule has 2 heterocycles. The largest absolute Gasteiger partial charge is 0.368 e. The first-order chi connectivity index (χ1) is 11.7. The summed E-state index contributed by atoms with van der Waals surface area (Å²) in [4.78, 5) is 13.1. The van der Waals surface area contributed by atoms with Crippen LogP contribution in [-0.4, -0.2) is 36.1 Å². The van der Waals surface area contributed by atoms with Crippen LogP contribution in [0.3, 0.4) is 0 Å². The number of hydrogen-bond acceptors (Lipinski definition) is 4. The maximum atomic E-state index is 14.3. The van der Waals surface area contributed by atoms with Gasteiger partial charge in [-0.1, -0.05) is 18.2 Å². The Morgan fingerprint density at radius 1 is 0.917 bits per heavy atom. The normalized spacial score (nSPS) is 15.1. The third-order valence-corrected chi connectivity index (χ3v) is 4.54. The second-order valence-corrected chi connectivity index (χ2v) is 6.14. The summed E-state index contributed by atoms with van der Waals surface area (Å²) in [5.41, 5.74) is 3.16. The van der Waals surface area contributed by atoms with E-state index < -0.39 is 0 Å². The summed E-state index contributed by atoms with van der Waals surface area (Å²) < 4.78 is 14.3. The molecule has 2 aromatic carbocycles. The van der Waals surface area contributed by atoms with E-state index in [1.54, 1.807) is 6.07 Å². The Bertz CT molecular complexity index is 867. The van der Waals surface area contributed by atoms with E-state index >= 15 is 0 Å². The van der Waals surface area contributed by atoms with Gasteiger partial charge in [-0.05, 0) is 36.8 Å². The molecular formula is C19H19FN4. The minimum atomic E-state index is -0.260. The van der Waals surface area contributed by atoms with Crippen molar-refractivity contribution < 1.29 is 4.39 Å². The fraction of sp³-hybridized carbons (Fsp3) is 0.263. The van der Waals surface area contributed by atoms with Crippen molar-refractivity contribution in [1.82, 2.24) is 9.97 Å². The molecule has 0 aliphatic carbocycles. The number of halogens is 1. The number of piperazine rings is 1. The Balaban J connectivity index is 1.58. The quantitative estimate of drug-likeness (QED) is 0.724. The van der Waals surface area contributed by atoms with E-state index in [1.807, 2.05) is 6.07 Å². The number of anilines is 2. The molecule has 3 aromatic rings. The number of aryl methyl sites for hydroxylation is 1. The van der Waals surface area contributed by atoms with Gasteiger partial charge < -0.3 is 9.80 Å². The van der Waals surface area contributed by atoms with Gasteiger partial charge in [-0.3, -0.25) is 0 Å². The number of nitrogens with zero attached hydrogens (tertiary/aromatic N) is 4. The van der Waals surface area contributed by atoms with Gasteiger partial charge in [0.05, 0.1) is 10.9 Å². The molecule has 0 unspecified atom stereocenters. The molecule has 1 aliphatic rings. The highest BCUT2D eigenvalue weighted by Gasteiger charge is 2.21. The number of aromatic nitrogens is 2. The van der Waals surface area contributed by atoms with Crippen molar-refractivity contribution >= 4 is 22.4 Å². The summed E-state index contributed by atoms with van der Waals surface area (Å²) >= 11 is 0. The molecule has 0 radical (unpaired) electrons. The van der Waals surface area contributed by atoms with E-state index in [0.29, 0.717) is 16.7 Å². The number of fused-ring (bicyclic) bond motifs is 1. The lowest BCUT2D eigenvalue weighted by molar-refractivity contribution is 0.630. The van der Waals surface area contributed by atoms with Crippen LogP contribution in [0.2, 0.25) is 0 Å². The maximum Gasteiger partial charge on any atom is 0.142 e. The summed E-state index contributed by atoms with van der Waals surface area (Å²) in [5.74, 6) is 0.436. The van der Waals surface area contributed by atoms with E-state index in [2.05, 4.69) is 51.0 Å². The SMILES string of the molecule is Cc1cccc(N2CCN(c3ncnc4cccc(F)c34)CC2)c1. The van der Waals surface area contributed by atoms with Crippen molar-refractivity contribution in [2.45, 2.75) is 6.92 Å². The van der Waals surface area contributed by atoms with E-state index in [-0.39, 0.29) is 5.82 Å². The van der Waals surface area contributed by atoms with Crippen LogP contribution in [0.1, 0.15) is 5.56 Å². The summed E-state index contributed by atoms with van der Waals surface area (Å²) in [6.45, 7) is 5.52. The Morgan fingerprint density at radius 3 is 2.46 bits per heavy atom. The zero-order valence-corrected chi connectivity index (χ0v) is 13.6. The van der Waals surface area contributed by atoms with Crippen molar-refractivity contribution in [3.63, 3.8) is 0 Å². The Morgan fingerprint density at radius 2 is 1.67 bits per heavy atom. The van der Waals surface area contributed by atoms with Gasteiger partial charge >= 0.3 is 0 Å². The van der Waals surface area contributed by atoms with E-state index in [9.17, 15) is 4.39 Å². The van der Waals surface area contributed by atoms with Crippen molar-refractivity contribution in [3.05, 3.63) is 60.2 Å². The molecule has 1 aliphatic heterocycles. The molecule has 24 heavy (non-hydrogen) atoms. The lowest BCUT2D eigenvalue weighted by Crippen LogP contribution is -2.47. The van der Waals surface area contributed by atoms with Gasteiger partial charge in [-0.25, -0.2) is 14.4 Å². The summed E-state index contributed by atoms with van der Waals surface area (Å²) in [6.07, 6.45) is 1.52. The molecule has 1 fully saturated rings. The lowest BCUT2D eigenvalue weighted by Gasteiger charge is -2.37. The molecule has 0 saturated carbocycles. The second kappa shape index (κ2) is 6.07. The second-order valence-electron chi connectivity index (χ2n) is 6.14. The fourth-order valence-corrected chi connectivity index (χ4v) is 3.29. The molecule has 1 aromatic heterocycles. The predicted octanol–water partition coefficient (Wildman–Crippen LogP) is 3.40. The van der Waals surface area contributed by atoms with Crippen LogP contribution in [0.5, 0.6) is 0 Å². The van der Waals surface area contributed by atoms with E-state index in [1.165, 1.54) is 23.6 Å². The Hall–Kier alpha value is -2.69. The van der Waals surface area contributed by atoms with E-state index in [4.69, 9.17) is 0 Å². The molecule has 0 amide bonds. The van der Waals surface area contributed by atoms with Crippen LogP contribution in [0, 0.1) is 12.7 Å². The number of hydrogen-bond donors (Lipinski definition) is 0. The average Bonchev–Trinajstić information content (AvgIpc) is 2.62. The molecule has 0 N–H and O–H groups in total. The van der Waals surface area contributed by atoms with Crippen LogP contribution in [-0.2, 0) is 0 Å². The molecule has 0 bridgehead atoms. The molecule has 5 heteroatoms.